The van der Waals surface area contributed by atoms with Crippen molar-refractivity contribution in [3.8, 4) is 0 Å². The monoisotopic (exact) mass is 1310 g/mol. The van der Waals surface area contributed by atoms with Crippen LogP contribution in [0.4, 0.5) is 10.5 Å². The quantitative estimate of drug-likeness (QED) is 0.0355. The summed E-state index contributed by atoms with van der Waals surface area (Å²) in [5.74, 6) is -4.79. The number of carbonyl (C=O) groups excluding carboxylic acids is 10. The van der Waals surface area contributed by atoms with Crippen LogP contribution in [-0.2, 0) is 65.6 Å². The Morgan fingerprint density at radius 1 is 0.713 bits per heavy atom. The van der Waals surface area contributed by atoms with E-state index in [0.717, 1.165) is 12.0 Å². The maximum atomic E-state index is 14.7. The lowest BCUT2D eigenvalue weighted by molar-refractivity contribution is -0.148. The first-order valence-electron chi connectivity index (χ1n) is 34.4. The summed E-state index contributed by atoms with van der Waals surface area (Å²) in [5, 5.41) is 14.5. The predicted octanol–water partition coefficient (Wildman–Crippen LogP) is 7.34. The lowest BCUT2D eigenvalue weighted by Gasteiger charge is -2.41. The van der Waals surface area contributed by atoms with Crippen LogP contribution in [0.2, 0.25) is 0 Å². The Morgan fingerprint density at radius 2 is 1.36 bits per heavy atom. The van der Waals surface area contributed by atoms with Gasteiger partial charge in [0, 0.05) is 109 Å². The number of methoxy groups -OCH3 is 2. The normalized spacial score (nSPS) is 19.1. The van der Waals surface area contributed by atoms with E-state index in [1.54, 1.807) is 55.1 Å². The standard InChI is InChI=1S/C72H116N10O12/c1-17-47(9)66(80(14)71(91)64(45(5)6)78-70(90)65(46(7)8)79(12)13)60(93-15)41-62(87)82-36-23-28-56(82)67(94-16)49(11)58(84)40-53(38-50-25-20-19-21-26-50)68(88)75-42-51-30-32-55(33-31-51)76-69(89)52(27-22-34-74-72(73)92)39-59(85)63(44(3)4)77-61(86)29-24-35-81-43-54(37-48(81)10)57(83)18-2/h19-21,25-26,30-33,44-49,52-54,56,60,63-67H,17-18,22-24,27-29,34-43H2,1-16H3,(H,75,88)(H,76,89)(H,77,86)(H,78,90)(H3,73,74,92)/t47-,48?,49-,52+,53+,54?,56-,60+,63-,64-,65-,66-,67+/m0/s1. The van der Waals surface area contributed by atoms with Crippen molar-refractivity contribution >= 4 is 64.5 Å². The first-order chi connectivity index (χ1) is 44.5. The zero-order valence-electron chi connectivity index (χ0n) is 59.4. The van der Waals surface area contributed by atoms with E-state index in [4.69, 9.17) is 15.2 Å². The molecule has 7 N–H and O–H groups in total. The molecule has 0 spiro atoms. The Hall–Kier alpha value is -6.62. The van der Waals surface area contributed by atoms with Crippen molar-refractivity contribution in [2.75, 3.05) is 66.9 Å². The number of urea groups is 1. The van der Waals surface area contributed by atoms with Gasteiger partial charge in [-0.2, -0.15) is 0 Å². The van der Waals surface area contributed by atoms with Crippen LogP contribution in [0.1, 0.15) is 164 Å². The lowest BCUT2D eigenvalue weighted by Crippen LogP contribution is -2.59. The van der Waals surface area contributed by atoms with Gasteiger partial charge in [-0.3, -0.25) is 53.0 Å². The summed E-state index contributed by atoms with van der Waals surface area (Å²) in [5.41, 5.74) is 7.34. The third-order valence-electron chi connectivity index (χ3n) is 19.4. The molecule has 0 saturated carbocycles. The van der Waals surface area contributed by atoms with E-state index in [1.165, 1.54) is 7.11 Å². The van der Waals surface area contributed by atoms with E-state index in [0.29, 0.717) is 69.4 Å². The Balaban J connectivity index is 1.43. The van der Waals surface area contributed by atoms with Gasteiger partial charge in [0.05, 0.1) is 42.8 Å². The number of benzene rings is 2. The van der Waals surface area contributed by atoms with Gasteiger partial charge in [0.2, 0.25) is 35.4 Å². The first-order valence-corrected chi connectivity index (χ1v) is 34.4. The second-order valence-corrected chi connectivity index (χ2v) is 27.7. The average Bonchev–Trinajstić information content (AvgIpc) is 1.38. The number of primary amides is 1. The van der Waals surface area contributed by atoms with Crippen LogP contribution in [0.5, 0.6) is 0 Å². The van der Waals surface area contributed by atoms with Crippen LogP contribution in [0.25, 0.3) is 0 Å². The zero-order valence-corrected chi connectivity index (χ0v) is 59.4. The lowest BCUT2D eigenvalue weighted by atomic mass is 9.85. The zero-order chi connectivity index (χ0) is 70.1. The second kappa shape index (κ2) is 39.4. The molecule has 0 aromatic heterocycles. The van der Waals surface area contributed by atoms with Crippen LogP contribution >= 0.6 is 0 Å². The first kappa shape index (κ1) is 79.8. The molecule has 4 rings (SSSR count). The van der Waals surface area contributed by atoms with Crippen LogP contribution < -0.4 is 32.3 Å². The highest BCUT2D eigenvalue weighted by atomic mass is 16.5. The minimum atomic E-state index is -0.835. The summed E-state index contributed by atoms with van der Waals surface area (Å²) in [6.45, 7) is 23.3. The smallest absolute Gasteiger partial charge is 0.312 e. The number of likely N-dealkylation sites (tertiary alicyclic amines) is 2. The molecule has 22 nitrogen and oxygen atoms in total. The topological polar surface area (TPSA) is 288 Å². The van der Waals surface area contributed by atoms with E-state index in [1.807, 2.05) is 112 Å². The summed E-state index contributed by atoms with van der Waals surface area (Å²) in [6.07, 6.45) is 3.22. The van der Waals surface area contributed by atoms with Crippen LogP contribution in [0, 0.1) is 47.3 Å². The predicted molar refractivity (Wildman–Crippen MR) is 366 cm³/mol. The minimum Gasteiger partial charge on any atom is -0.379 e. The summed E-state index contributed by atoms with van der Waals surface area (Å²) < 4.78 is 12.3. The summed E-state index contributed by atoms with van der Waals surface area (Å²) in [7, 11) is 8.48. The number of nitrogens with one attached hydrogen (secondary N) is 5. The summed E-state index contributed by atoms with van der Waals surface area (Å²) in [4.78, 5) is 144. The van der Waals surface area contributed by atoms with Gasteiger partial charge < -0.3 is 51.6 Å². The third-order valence-corrected chi connectivity index (χ3v) is 19.4. The van der Waals surface area contributed by atoms with Gasteiger partial charge in [-0.25, -0.2) is 4.79 Å². The molecule has 8 amide bonds. The molecule has 2 aromatic carbocycles. The number of nitrogens with zero attached hydrogens (tertiary/aromatic N) is 4. The molecule has 0 radical (unpaired) electrons. The number of anilines is 1. The SMILES string of the molecule is CCC(=O)C1CC(C)N(CCCC(=O)N[C@H](C(=O)C[C@@H](CCCNC(N)=O)C(=O)Nc2ccc(CNC(=O)[C@@H](CC(=O)[C@H](C)[C@@H](OC)[C@@H]3CCCN3C(=O)C[C@@H](OC)[C@H]([C@@H](C)CC)N(C)C(=O)[C@@H](NC(=O)[C@H](C(C)C)N(C)C)C(C)C)Cc3ccccc3)cc2)C(C)C)C1. The molecule has 2 saturated heterocycles. The van der Waals surface area contributed by atoms with Gasteiger partial charge in [-0.05, 0) is 119 Å². The highest BCUT2D eigenvalue weighted by Gasteiger charge is 2.44. The number of likely N-dealkylation sites (N-methyl/N-ethyl adjacent to an activating group) is 2. The molecule has 0 bridgehead atoms. The van der Waals surface area contributed by atoms with Crippen molar-refractivity contribution in [3.05, 3.63) is 65.7 Å². The van der Waals surface area contributed by atoms with Gasteiger partial charge >= 0.3 is 6.03 Å². The summed E-state index contributed by atoms with van der Waals surface area (Å²) >= 11 is 0. The average molecular weight is 1310 g/mol. The fourth-order valence-electron chi connectivity index (χ4n) is 13.8. The Bertz CT molecular complexity index is 2770. The number of amides is 8. The van der Waals surface area contributed by atoms with Crippen LogP contribution in [0.3, 0.4) is 0 Å². The second-order valence-electron chi connectivity index (χ2n) is 27.7. The molecular formula is C72H116N10O12. The van der Waals surface area contributed by atoms with Gasteiger partial charge in [-0.15, -0.1) is 0 Å². The van der Waals surface area contributed by atoms with Crippen LogP contribution in [-0.4, -0.2) is 188 Å². The molecule has 2 aliphatic heterocycles. The van der Waals surface area contributed by atoms with Gasteiger partial charge in [0.25, 0.3) is 0 Å². The van der Waals surface area contributed by atoms with Gasteiger partial charge in [0.1, 0.15) is 17.6 Å². The number of Topliss-reactive ketones (excluding diaryl/α,β-unsaturated/α-hetero) is 3. The molecule has 2 unspecified atom stereocenters. The number of ether oxygens (including phenoxy) is 2. The Morgan fingerprint density at radius 3 is 1.94 bits per heavy atom. The molecule has 13 atom stereocenters. The fourth-order valence-corrected chi connectivity index (χ4v) is 13.8. The van der Waals surface area contributed by atoms with Crippen molar-refractivity contribution in [2.45, 2.75) is 215 Å². The largest absolute Gasteiger partial charge is 0.379 e. The molecule has 526 valence electrons. The van der Waals surface area contributed by atoms with E-state index < -0.39 is 72.1 Å². The number of ketones is 3. The number of hydrogen-bond donors (Lipinski definition) is 6. The maximum Gasteiger partial charge on any atom is 0.312 e. The number of rotatable bonds is 41. The molecular weight excluding hydrogens is 1200 g/mol. The van der Waals surface area contributed by atoms with E-state index in [9.17, 15) is 47.9 Å². The van der Waals surface area contributed by atoms with Crippen molar-refractivity contribution in [1.29, 1.82) is 0 Å². The molecule has 2 aliphatic rings. The molecule has 94 heavy (non-hydrogen) atoms. The highest BCUT2D eigenvalue weighted by molar-refractivity contribution is 5.97. The Kier molecular flexibility index (Phi) is 33.5. The molecule has 2 heterocycles. The fraction of sp³-hybridized carbons (Fsp3) is 0.694. The highest BCUT2D eigenvalue weighted by Crippen LogP contribution is 2.32. The Labute approximate surface area is 560 Å². The minimum absolute atomic E-state index is 0.00285. The molecule has 2 aromatic rings. The molecule has 2 fully saturated rings. The van der Waals surface area contributed by atoms with E-state index in [2.05, 4.69) is 38.4 Å². The van der Waals surface area contributed by atoms with E-state index >= 15 is 0 Å². The maximum absolute atomic E-state index is 14.7. The molecule has 22 heteroatoms. The molecule has 0 aliphatic carbocycles. The van der Waals surface area contributed by atoms with Gasteiger partial charge in [-0.1, -0.05) is 118 Å². The van der Waals surface area contributed by atoms with Crippen LogP contribution in [0.15, 0.2) is 54.6 Å². The number of carbonyl (C=O) groups is 10. The van der Waals surface area contributed by atoms with Crippen molar-refractivity contribution in [3.63, 3.8) is 0 Å². The summed E-state index contributed by atoms with van der Waals surface area (Å²) in [6, 6.07) is 12.9. The van der Waals surface area contributed by atoms with Crippen molar-refractivity contribution in [2.24, 2.45) is 53.1 Å². The van der Waals surface area contributed by atoms with E-state index in [-0.39, 0.29) is 134 Å². The number of hydrogen-bond acceptors (Lipinski definition) is 14. The van der Waals surface area contributed by atoms with Crippen molar-refractivity contribution in [1.82, 2.24) is 40.9 Å². The van der Waals surface area contributed by atoms with Gasteiger partial charge in [0.15, 0.2) is 5.78 Å². The third kappa shape index (κ3) is 23.9. The van der Waals surface area contributed by atoms with Crippen molar-refractivity contribution < 1.29 is 57.4 Å². The number of nitrogens with two attached hydrogens (primary N) is 1.